The van der Waals surface area contributed by atoms with Crippen LogP contribution >= 0.6 is 0 Å². The van der Waals surface area contributed by atoms with Gasteiger partial charge in [-0.05, 0) is 31.1 Å². The van der Waals surface area contributed by atoms with Gasteiger partial charge in [0.05, 0.1) is 7.11 Å². The third-order valence-electron chi connectivity index (χ3n) is 5.05. The van der Waals surface area contributed by atoms with Gasteiger partial charge < -0.3 is 15.0 Å². The van der Waals surface area contributed by atoms with Crippen LogP contribution in [0.1, 0.15) is 25.3 Å². The van der Waals surface area contributed by atoms with Crippen molar-refractivity contribution in [1.29, 1.82) is 0 Å². The fraction of sp³-hybridized carbons (Fsp3) is 0.318. The summed E-state index contributed by atoms with van der Waals surface area (Å²) in [6.07, 6.45) is 7.39. The van der Waals surface area contributed by atoms with Gasteiger partial charge in [0.2, 0.25) is 11.8 Å². The molecule has 1 unspecified atom stereocenters. The SMILES string of the molecule is C\C=C/C=C1/C(=O)N(C2CCC(=O)NC2=O)C/C1=C\NCc1cccc(OC)c1F. The minimum Gasteiger partial charge on any atom is -0.494 e. The summed E-state index contributed by atoms with van der Waals surface area (Å²) in [5.74, 6) is -1.34. The number of ether oxygens (including phenoxy) is 1. The number of likely N-dealkylation sites (tertiary alicyclic amines) is 1. The van der Waals surface area contributed by atoms with Crippen molar-refractivity contribution in [2.75, 3.05) is 13.7 Å². The molecule has 3 amide bonds. The van der Waals surface area contributed by atoms with Crippen molar-refractivity contribution < 1.29 is 23.5 Å². The lowest BCUT2D eigenvalue weighted by molar-refractivity contribution is -0.142. The first-order chi connectivity index (χ1) is 14.5. The molecule has 1 atom stereocenters. The first kappa shape index (κ1) is 21.3. The van der Waals surface area contributed by atoms with Crippen molar-refractivity contribution in [1.82, 2.24) is 15.5 Å². The van der Waals surface area contributed by atoms with Gasteiger partial charge in [-0.1, -0.05) is 24.3 Å². The summed E-state index contributed by atoms with van der Waals surface area (Å²) in [6, 6.07) is 4.21. The van der Waals surface area contributed by atoms with Crippen molar-refractivity contribution in [3.63, 3.8) is 0 Å². The lowest BCUT2D eigenvalue weighted by Crippen LogP contribution is -2.52. The number of benzene rings is 1. The fourth-order valence-corrected chi connectivity index (χ4v) is 3.49. The Labute approximate surface area is 174 Å². The molecule has 1 aromatic carbocycles. The van der Waals surface area contributed by atoms with E-state index < -0.39 is 17.8 Å². The summed E-state index contributed by atoms with van der Waals surface area (Å²) in [6.45, 7) is 2.26. The van der Waals surface area contributed by atoms with Gasteiger partial charge in [0, 0.05) is 36.8 Å². The quantitative estimate of drug-likeness (QED) is 0.550. The molecule has 1 aromatic rings. The number of hydrogen-bond acceptors (Lipinski definition) is 5. The van der Waals surface area contributed by atoms with E-state index in [4.69, 9.17) is 4.74 Å². The Kier molecular flexibility index (Phi) is 6.66. The minimum atomic E-state index is -0.689. The topological polar surface area (TPSA) is 87.7 Å². The van der Waals surface area contributed by atoms with Crippen LogP contribution in [0.25, 0.3) is 0 Å². The molecule has 0 bridgehead atoms. The number of methoxy groups -OCH3 is 1. The van der Waals surface area contributed by atoms with Crippen molar-refractivity contribution >= 4 is 17.7 Å². The average molecular weight is 413 g/mol. The Balaban J connectivity index is 1.79. The lowest BCUT2D eigenvalue weighted by Gasteiger charge is -2.28. The first-order valence-electron chi connectivity index (χ1n) is 9.68. The van der Waals surface area contributed by atoms with Crippen LogP contribution < -0.4 is 15.4 Å². The van der Waals surface area contributed by atoms with Gasteiger partial charge in [-0.15, -0.1) is 0 Å². The molecule has 0 radical (unpaired) electrons. The number of nitrogens with zero attached hydrogens (tertiary/aromatic N) is 1. The largest absolute Gasteiger partial charge is 0.494 e. The molecule has 2 heterocycles. The van der Waals surface area contributed by atoms with Crippen LogP contribution in [0.4, 0.5) is 4.39 Å². The summed E-state index contributed by atoms with van der Waals surface area (Å²) in [5.41, 5.74) is 1.57. The highest BCUT2D eigenvalue weighted by molar-refractivity contribution is 6.07. The normalized spacial score (nSPS) is 22.3. The van der Waals surface area contributed by atoms with E-state index in [2.05, 4.69) is 10.6 Å². The molecular formula is C22H24FN3O4. The minimum absolute atomic E-state index is 0.163. The Hall–Kier alpha value is -3.42. The van der Waals surface area contributed by atoms with Gasteiger partial charge in [-0.2, -0.15) is 0 Å². The zero-order valence-corrected chi connectivity index (χ0v) is 16.9. The van der Waals surface area contributed by atoms with E-state index in [0.29, 0.717) is 23.1 Å². The summed E-state index contributed by atoms with van der Waals surface area (Å²) in [5, 5.41) is 5.34. The molecule has 2 aliphatic heterocycles. The Bertz CT molecular complexity index is 952. The summed E-state index contributed by atoms with van der Waals surface area (Å²) in [4.78, 5) is 38.0. The van der Waals surface area contributed by atoms with Crippen LogP contribution in [0.5, 0.6) is 5.75 Å². The molecule has 158 valence electrons. The Morgan fingerprint density at radius 1 is 1.33 bits per heavy atom. The number of carbonyl (C=O) groups is 3. The lowest BCUT2D eigenvalue weighted by atomic mass is 10.0. The number of allylic oxidation sites excluding steroid dienone is 3. The zero-order valence-electron chi connectivity index (χ0n) is 16.9. The molecule has 8 heteroatoms. The number of carbonyl (C=O) groups excluding carboxylic acids is 3. The number of nitrogens with one attached hydrogen (secondary N) is 2. The van der Waals surface area contributed by atoms with E-state index in [0.717, 1.165) is 0 Å². The third kappa shape index (κ3) is 4.42. The maximum Gasteiger partial charge on any atom is 0.255 e. The van der Waals surface area contributed by atoms with Gasteiger partial charge in [-0.3, -0.25) is 19.7 Å². The predicted molar refractivity (Wildman–Crippen MR) is 109 cm³/mol. The van der Waals surface area contributed by atoms with E-state index in [1.54, 1.807) is 42.6 Å². The molecule has 2 fully saturated rings. The van der Waals surface area contributed by atoms with Crippen LogP contribution in [0.2, 0.25) is 0 Å². The molecule has 2 N–H and O–H groups in total. The van der Waals surface area contributed by atoms with E-state index >= 15 is 0 Å². The second-order valence-electron chi connectivity index (χ2n) is 6.99. The summed E-state index contributed by atoms with van der Waals surface area (Å²) < 4.78 is 19.3. The number of hydrogen-bond donors (Lipinski definition) is 2. The number of rotatable bonds is 6. The number of amides is 3. The second-order valence-corrected chi connectivity index (χ2v) is 6.99. The first-order valence-corrected chi connectivity index (χ1v) is 9.68. The highest BCUT2D eigenvalue weighted by Gasteiger charge is 2.40. The standard InChI is InChI=1S/C22H24FN3O4/c1-3-4-7-16-15(12-24-11-14-6-5-8-18(30-2)20(14)23)13-26(22(16)29)17-9-10-19(27)25-21(17)28/h3-8,12,17,24H,9-11,13H2,1-2H3,(H,25,27,28)/b4-3-,15-12+,16-7+. The maximum atomic E-state index is 14.3. The van der Waals surface area contributed by atoms with Crippen molar-refractivity contribution in [3.8, 4) is 5.75 Å². The molecule has 7 nitrogen and oxygen atoms in total. The number of halogens is 1. The maximum absolute atomic E-state index is 14.3. The van der Waals surface area contributed by atoms with Crippen LogP contribution in [-0.2, 0) is 20.9 Å². The van der Waals surface area contributed by atoms with Crippen LogP contribution in [0.3, 0.4) is 0 Å². The number of imide groups is 1. The van der Waals surface area contributed by atoms with E-state index in [1.165, 1.54) is 12.0 Å². The van der Waals surface area contributed by atoms with Crippen LogP contribution in [0.15, 0.2) is 53.8 Å². The fourth-order valence-electron chi connectivity index (χ4n) is 3.49. The van der Waals surface area contributed by atoms with Crippen molar-refractivity contribution in [2.45, 2.75) is 32.4 Å². The van der Waals surface area contributed by atoms with Gasteiger partial charge in [0.25, 0.3) is 5.91 Å². The highest BCUT2D eigenvalue weighted by atomic mass is 19.1. The third-order valence-corrected chi connectivity index (χ3v) is 5.05. The van der Waals surface area contributed by atoms with Crippen LogP contribution in [-0.4, -0.2) is 42.3 Å². The van der Waals surface area contributed by atoms with Gasteiger partial charge in [0.1, 0.15) is 6.04 Å². The summed E-state index contributed by atoms with van der Waals surface area (Å²) in [7, 11) is 1.41. The Morgan fingerprint density at radius 3 is 2.83 bits per heavy atom. The van der Waals surface area contributed by atoms with Crippen molar-refractivity contribution in [3.05, 3.63) is 65.2 Å². The molecule has 2 saturated heterocycles. The average Bonchev–Trinajstić information content (AvgIpc) is 3.03. The van der Waals surface area contributed by atoms with Gasteiger partial charge >= 0.3 is 0 Å². The molecule has 0 saturated carbocycles. The molecule has 0 spiro atoms. The molecule has 0 aliphatic carbocycles. The van der Waals surface area contributed by atoms with E-state index in [-0.39, 0.29) is 37.1 Å². The smallest absolute Gasteiger partial charge is 0.255 e. The van der Waals surface area contributed by atoms with Crippen LogP contribution in [0, 0.1) is 5.82 Å². The zero-order chi connectivity index (χ0) is 21.7. The highest BCUT2D eigenvalue weighted by Crippen LogP contribution is 2.28. The van der Waals surface area contributed by atoms with Gasteiger partial charge in [0.15, 0.2) is 11.6 Å². The molecule has 2 aliphatic rings. The monoisotopic (exact) mass is 413 g/mol. The second kappa shape index (κ2) is 9.39. The molecule has 30 heavy (non-hydrogen) atoms. The molecular weight excluding hydrogens is 389 g/mol. The van der Waals surface area contributed by atoms with Gasteiger partial charge in [-0.25, -0.2) is 4.39 Å². The van der Waals surface area contributed by atoms with E-state index in [1.807, 2.05) is 6.92 Å². The van der Waals surface area contributed by atoms with E-state index in [9.17, 15) is 18.8 Å². The number of piperidine rings is 1. The summed E-state index contributed by atoms with van der Waals surface area (Å²) >= 11 is 0. The molecule has 3 rings (SSSR count). The molecule has 0 aromatic heterocycles. The Morgan fingerprint density at radius 2 is 2.13 bits per heavy atom. The predicted octanol–water partition coefficient (Wildman–Crippen LogP) is 1.96. The van der Waals surface area contributed by atoms with Crippen molar-refractivity contribution in [2.24, 2.45) is 0 Å².